The molecule has 0 saturated heterocycles. The lowest BCUT2D eigenvalue weighted by Gasteiger charge is -2.17. The van der Waals surface area contributed by atoms with Crippen molar-refractivity contribution >= 4 is 17.8 Å². The van der Waals surface area contributed by atoms with Gasteiger partial charge in [0.25, 0.3) is 0 Å². The van der Waals surface area contributed by atoms with Crippen molar-refractivity contribution in [2.75, 3.05) is 0 Å². The normalized spacial score (nSPS) is 10.6. The molecule has 5 aromatic rings. The van der Waals surface area contributed by atoms with E-state index in [0.29, 0.717) is 11.7 Å². The van der Waals surface area contributed by atoms with Crippen molar-refractivity contribution in [2.24, 2.45) is 0 Å². The van der Waals surface area contributed by atoms with E-state index in [-0.39, 0.29) is 6.92 Å². The molecule has 5 rings (SSSR count). The van der Waals surface area contributed by atoms with Crippen molar-refractivity contribution in [1.82, 2.24) is 14.8 Å². The number of pyridine rings is 1. The molecule has 5 heteroatoms. The second-order valence-electron chi connectivity index (χ2n) is 7.15. The molecule has 0 N–H and O–H groups in total. The zero-order valence-corrected chi connectivity index (χ0v) is 16.9. The maximum absolute atomic E-state index is 6.63. The SMILES string of the molecule is c1ccc(B(Oc2cc(-c3ccccc3)nn2-c2ccccn2)c2ccccc2)cc1. The van der Waals surface area contributed by atoms with Gasteiger partial charge in [0.05, 0.1) is 5.69 Å². The quantitative estimate of drug-likeness (QED) is 0.402. The van der Waals surface area contributed by atoms with Crippen molar-refractivity contribution in [2.45, 2.75) is 0 Å². The Bertz CT molecular complexity index is 1200. The number of benzene rings is 3. The van der Waals surface area contributed by atoms with Gasteiger partial charge in [-0.3, -0.25) is 0 Å². The van der Waals surface area contributed by atoms with Crippen molar-refractivity contribution in [3.05, 3.63) is 121 Å². The van der Waals surface area contributed by atoms with Crippen LogP contribution >= 0.6 is 0 Å². The van der Waals surface area contributed by atoms with E-state index < -0.39 is 0 Å². The first-order chi connectivity index (χ1) is 15.4. The number of aromatic nitrogens is 3. The van der Waals surface area contributed by atoms with Gasteiger partial charge in [-0.05, 0) is 23.1 Å². The zero-order valence-electron chi connectivity index (χ0n) is 16.9. The Morgan fingerprint density at radius 1 is 0.645 bits per heavy atom. The molecule has 0 atom stereocenters. The van der Waals surface area contributed by atoms with Gasteiger partial charge in [-0.1, -0.05) is 97.1 Å². The largest absolute Gasteiger partial charge is 0.538 e. The summed E-state index contributed by atoms with van der Waals surface area (Å²) >= 11 is 0. The molecule has 0 amide bonds. The Morgan fingerprint density at radius 3 is 1.81 bits per heavy atom. The first-order valence-corrected chi connectivity index (χ1v) is 10.2. The molecule has 0 aliphatic carbocycles. The van der Waals surface area contributed by atoms with Crippen LogP contribution < -0.4 is 15.6 Å². The van der Waals surface area contributed by atoms with E-state index in [9.17, 15) is 0 Å². The van der Waals surface area contributed by atoms with Crippen molar-refractivity contribution in [3.8, 4) is 23.0 Å². The van der Waals surface area contributed by atoms with Crippen LogP contribution in [0.4, 0.5) is 0 Å². The van der Waals surface area contributed by atoms with E-state index in [2.05, 4.69) is 29.2 Å². The molecular weight excluding hydrogens is 381 g/mol. The lowest BCUT2D eigenvalue weighted by atomic mass is 9.55. The van der Waals surface area contributed by atoms with Crippen LogP contribution in [0.5, 0.6) is 5.88 Å². The van der Waals surface area contributed by atoms with Crippen LogP contribution in [0.25, 0.3) is 17.1 Å². The number of hydrogen-bond donors (Lipinski definition) is 0. The first kappa shape index (κ1) is 18.9. The summed E-state index contributed by atoms with van der Waals surface area (Å²) in [5.41, 5.74) is 4.01. The van der Waals surface area contributed by atoms with Crippen LogP contribution in [-0.2, 0) is 0 Å². The van der Waals surface area contributed by atoms with Crippen LogP contribution in [-0.4, -0.2) is 21.7 Å². The lowest BCUT2D eigenvalue weighted by molar-refractivity contribution is 0.533. The summed E-state index contributed by atoms with van der Waals surface area (Å²) < 4.78 is 8.40. The fraction of sp³-hybridized carbons (Fsp3) is 0. The average Bonchev–Trinajstić information content (AvgIpc) is 3.29. The van der Waals surface area contributed by atoms with E-state index in [1.54, 1.807) is 10.9 Å². The monoisotopic (exact) mass is 401 g/mol. The molecule has 0 fully saturated rings. The van der Waals surface area contributed by atoms with E-state index in [0.717, 1.165) is 22.2 Å². The highest BCUT2D eigenvalue weighted by Gasteiger charge is 2.26. The molecule has 3 aromatic carbocycles. The van der Waals surface area contributed by atoms with E-state index in [4.69, 9.17) is 9.75 Å². The number of rotatable bonds is 6. The Labute approximate surface area is 181 Å². The van der Waals surface area contributed by atoms with Crippen molar-refractivity contribution in [1.29, 1.82) is 0 Å². The van der Waals surface area contributed by atoms with Gasteiger partial charge in [0, 0.05) is 17.8 Å². The molecule has 0 radical (unpaired) electrons. The topological polar surface area (TPSA) is 39.9 Å². The molecule has 0 bridgehead atoms. The highest BCUT2D eigenvalue weighted by Crippen LogP contribution is 2.26. The molecule has 0 unspecified atom stereocenters. The molecule has 0 saturated carbocycles. The van der Waals surface area contributed by atoms with E-state index >= 15 is 0 Å². The van der Waals surface area contributed by atoms with Gasteiger partial charge in [0.15, 0.2) is 5.82 Å². The minimum absolute atomic E-state index is 0.273. The molecule has 0 aliphatic rings. The summed E-state index contributed by atoms with van der Waals surface area (Å²) in [6, 6.07) is 38.3. The van der Waals surface area contributed by atoms with E-state index in [1.807, 2.05) is 91.0 Å². The maximum atomic E-state index is 6.63. The predicted molar refractivity (Wildman–Crippen MR) is 125 cm³/mol. The Morgan fingerprint density at radius 2 is 1.23 bits per heavy atom. The molecule has 2 aromatic heterocycles. The Hall–Kier alpha value is -4.12. The Kier molecular flexibility index (Phi) is 5.31. The minimum atomic E-state index is -0.273. The predicted octanol–water partition coefficient (Wildman–Crippen LogP) is 4.12. The second-order valence-corrected chi connectivity index (χ2v) is 7.15. The van der Waals surface area contributed by atoms with Crippen LogP contribution in [0.1, 0.15) is 0 Å². The van der Waals surface area contributed by atoms with Crippen molar-refractivity contribution in [3.63, 3.8) is 0 Å². The van der Waals surface area contributed by atoms with Gasteiger partial charge >= 0.3 is 6.92 Å². The fourth-order valence-corrected chi connectivity index (χ4v) is 3.55. The van der Waals surface area contributed by atoms with E-state index in [1.165, 1.54) is 0 Å². The molecule has 31 heavy (non-hydrogen) atoms. The second kappa shape index (κ2) is 8.72. The molecule has 0 aliphatic heterocycles. The van der Waals surface area contributed by atoms with Crippen LogP contribution in [0.15, 0.2) is 121 Å². The number of nitrogens with zero attached hydrogens (tertiary/aromatic N) is 3. The van der Waals surface area contributed by atoms with Crippen LogP contribution in [0.2, 0.25) is 0 Å². The van der Waals surface area contributed by atoms with Gasteiger partial charge in [-0.15, -0.1) is 0 Å². The van der Waals surface area contributed by atoms with Gasteiger partial charge in [-0.2, -0.15) is 9.78 Å². The highest BCUT2D eigenvalue weighted by atomic mass is 16.4. The summed E-state index contributed by atoms with van der Waals surface area (Å²) in [6.45, 7) is -0.273. The molecule has 148 valence electrons. The lowest BCUT2D eigenvalue weighted by Crippen LogP contribution is -2.47. The standard InChI is InChI=1S/C26H20BN3O/c1-4-12-21(13-5-1)24-20-26(30(29-24)25-18-10-11-19-28-25)31-27(22-14-6-2-7-15-22)23-16-8-3-9-17-23/h1-20H. The molecule has 4 nitrogen and oxygen atoms in total. The van der Waals surface area contributed by atoms with Crippen LogP contribution in [0.3, 0.4) is 0 Å². The summed E-state index contributed by atoms with van der Waals surface area (Å²) in [6.07, 6.45) is 1.76. The third-order valence-corrected chi connectivity index (χ3v) is 5.06. The number of hydrogen-bond acceptors (Lipinski definition) is 3. The van der Waals surface area contributed by atoms with Crippen LogP contribution in [0, 0.1) is 0 Å². The van der Waals surface area contributed by atoms with Crippen molar-refractivity contribution < 1.29 is 4.65 Å². The minimum Gasteiger partial charge on any atom is -0.538 e. The fourth-order valence-electron chi connectivity index (χ4n) is 3.55. The van der Waals surface area contributed by atoms with Gasteiger partial charge < -0.3 is 4.65 Å². The molecule has 2 heterocycles. The third kappa shape index (κ3) is 4.12. The summed E-state index contributed by atoms with van der Waals surface area (Å²) in [5, 5.41) is 4.82. The smallest absolute Gasteiger partial charge is 0.427 e. The summed E-state index contributed by atoms with van der Waals surface area (Å²) in [7, 11) is 0. The summed E-state index contributed by atoms with van der Waals surface area (Å²) in [4.78, 5) is 4.49. The van der Waals surface area contributed by atoms with Gasteiger partial charge in [0.2, 0.25) is 5.88 Å². The molecule has 0 spiro atoms. The third-order valence-electron chi connectivity index (χ3n) is 5.06. The maximum Gasteiger partial charge on any atom is 0.427 e. The van der Waals surface area contributed by atoms with Gasteiger partial charge in [0.1, 0.15) is 0 Å². The van der Waals surface area contributed by atoms with Gasteiger partial charge in [-0.25, -0.2) is 4.98 Å². The first-order valence-electron chi connectivity index (χ1n) is 10.2. The molecular formula is C26H20BN3O. The Balaban J connectivity index is 1.61. The summed E-state index contributed by atoms with van der Waals surface area (Å²) in [5.74, 6) is 1.34. The zero-order chi connectivity index (χ0) is 20.9. The average molecular weight is 401 g/mol. The highest BCUT2D eigenvalue weighted by molar-refractivity contribution is 6.80.